The summed E-state index contributed by atoms with van der Waals surface area (Å²) in [7, 11) is -3.19. The molecular formula is C20H19NO3S2. The van der Waals surface area contributed by atoms with Crippen molar-refractivity contribution in [2.75, 3.05) is 6.26 Å². The third-order valence-corrected chi connectivity index (χ3v) is 6.01. The molecule has 1 heterocycles. The Morgan fingerprint density at radius 3 is 2.38 bits per heavy atom. The average molecular weight is 386 g/mol. The fraction of sp³-hybridized carbons (Fsp3) is 0.150. The van der Waals surface area contributed by atoms with Gasteiger partial charge >= 0.3 is 0 Å². The van der Waals surface area contributed by atoms with E-state index < -0.39 is 9.84 Å². The summed E-state index contributed by atoms with van der Waals surface area (Å²) in [4.78, 5) is 6.79. The Bertz CT molecular complexity index is 1000. The number of oxime groups is 1. The van der Waals surface area contributed by atoms with Crippen LogP contribution in [0.5, 0.6) is 0 Å². The molecular weight excluding hydrogens is 366 g/mol. The highest BCUT2D eigenvalue weighted by Crippen LogP contribution is 2.30. The SMILES string of the molecule is C/C(=N\OCc1ccccc1)c1sccc1-c1ccc(S(C)(=O)=O)cc1. The monoisotopic (exact) mass is 385 g/mol. The summed E-state index contributed by atoms with van der Waals surface area (Å²) >= 11 is 1.58. The molecule has 26 heavy (non-hydrogen) atoms. The van der Waals surface area contributed by atoms with Gasteiger partial charge in [-0.1, -0.05) is 47.6 Å². The normalized spacial score (nSPS) is 12.2. The van der Waals surface area contributed by atoms with Crippen molar-refractivity contribution in [3.8, 4) is 11.1 Å². The summed E-state index contributed by atoms with van der Waals surface area (Å²) in [5, 5.41) is 6.23. The number of hydrogen-bond donors (Lipinski definition) is 0. The first-order valence-electron chi connectivity index (χ1n) is 8.04. The molecule has 1 aromatic heterocycles. The highest BCUT2D eigenvalue weighted by molar-refractivity contribution is 7.90. The molecule has 0 aliphatic heterocycles. The van der Waals surface area contributed by atoms with E-state index in [4.69, 9.17) is 4.84 Å². The second kappa shape index (κ2) is 7.85. The molecule has 0 aliphatic carbocycles. The molecule has 0 amide bonds. The second-order valence-electron chi connectivity index (χ2n) is 5.90. The van der Waals surface area contributed by atoms with Gasteiger partial charge < -0.3 is 4.84 Å². The van der Waals surface area contributed by atoms with Crippen LogP contribution >= 0.6 is 11.3 Å². The van der Waals surface area contributed by atoms with Gasteiger partial charge in [0.1, 0.15) is 6.61 Å². The zero-order valence-electron chi connectivity index (χ0n) is 14.5. The summed E-state index contributed by atoms with van der Waals surface area (Å²) in [5.74, 6) is 0. The number of hydrogen-bond acceptors (Lipinski definition) is 5. The van der Waals surface area contributed by atoms with E-state index in [1.165, 1.54) is 6.26 Å². The lowest BCUT2D eigenvalue weighted by Crippen LogP contribution is -1.98. The fourth-order valence-electron chi connectivity index (χ4n) is 2.52. The van der Waals surface area contributed by atoms with Gasteiger partial charge in [-0.3, -0.25) is 0 Å². The summed E-state index contributed by atoms with van der Waals surface area (Å²) in [5.41, 5.74) is 3.82. The van der Waals surface area contributed by atoms with Crippen LogP contribution in [0.4, 0.5) is 0 Å². The number of nitrogens with zero attached hydrogens (tertiary/aromatic N) is 1. The van der Waals surface area contributed by atoms with Crippen LogP contribution < -0.4 is 0 Å². The van der Waals surface area contributed by atoms with Crippen molar-refractivity contribution in [1.29, 1.82) is 0 Å². The van der Waals surface area contributed by atoms with Crippen molar-refractivity contribution in [3.05, 3.63) is 76.5 Å². The molecule has 0 bridgehead atoms. The predicted octanol–water partition coefficient (Wildman–Crippen LogP) is 4.76. The first-order valence-corrected chi connectivity index (χ1v) is 10.8. The zero-order chi connectivity index (χ0) is 18.6. The highest BCUT2D eigenvalue weighted by Gasteiger charge is 2.12. The molecule has 134 valence electrons. The largest absolute Gasteiger partial charge is 0.391 e. The van der Waals surface area contributed by atoms with Gasteiger partial charge in [0.05, 0.1) is 15.5 Å². The maximum atomic E-state index is 11.6. The minimum Gasteiger partial charge on any atom is -0.391 e. The molecule has 6 heteroatoms. The van der Waals surface area contributed by atoms with Crippen LogP contribution in [-0.4, -0.2) is 20.4 Å². The van der Waals surface area contributed by atoms with Crippen molar-refractivity contribution in [3.63, 3.8) is 0 Å². The standard InChI is InChI=1S/C20H19NO3S2/c1-15(21-24-14-16-6-4-3-5-7-16)20-19(12-13-25-20)17-8-10-18(11-9-17)26(2,22)23/h3-13H,14H2,1-2H3/b21-15+. The smallest absolute Gasteiger partial charge is 0.175 e. The second-order valence-corrected chi connectivity index (χ2v) is 8.83. The third kappa shape index (κ3) is 4.39. The van der Waals surface area contributed by atoms with Crippen LogP contribution in [0.25, 0.3) is 11.1 Å². The van der Waals surface area contributed by atoms with Gasteiger partial charge in [0.15, 0.2) is 9.84 Å². The van der Waals surface area contributed by atoms with Crippen molar-refractivity contribution >= 4 is 26.9 Å². The first-order chi connectivity index (χ1) is 12.4. The number of thiophene rings is 1. The van der Waals surface area contributed by atoms with Gasteiger partial charge in [-0.25, -0.2) is 8.42 Å². The highest BCUT2D eigenvalue weighted by atomic mass is 32.2. The first kappa shape index (κ1) is 18.4. The maximum absolute atomic E-state index is 11.6. The van der Waals surface area contributed by atoms with E-state index in [1.807, 2.05) is 60.8 Å². The van der Waals surface area contributed by atoms with E-state index in [0.29, 0.717) is 11.5 Å². The van der Waals surface area contributed by atoms with Crippen molar-refractivity contribution in [1.82, 2.24) is 0 Å². The lowest BCUT2D eigenvalue weighted by atomic mass is 10.1. The molecule has 0 fully saturated rings. The van der Waals surface area contributed by atoms with E-state index in [9.17, 15) is 8.42 Å². The van der Waals surface area contributed by atoms with Crippen LogP contribution in [0.15, 0.2) is 76.1 Å². The average Bonchev–Trinajstić information content (AvgIpc) is 3.12. The molecule has 0 spiro atoms. The molecule has 0 saturated heterocycles. The van der Waals surface area contributed by atoms with Gasteiger partial charge in [-0.05, 0) is 41.6 Å². The quantitative estimate of drug-likeness (QED) is 0.454. The molecule has 0 N–H and O–H groups in total. The maximum Gasteiger partial charge on any atom is 0.175 e. The lowest BCUT2D eigenvalue weighted by molar-refractivity contribution is 0.130. The minimum absolute atomic E-state index is 0.314. The van der Waals surface area contributed by atoms with E-state index in [2.05, 4.69) is 5.16 Å². The summed E-state index contributed by atoms with van der Waals surface area (Å²) in [6.45, 7) is 2.33. The van der Waals surface area contributed by atoms with Gasteiger partial charge in [0, 0.05) is 11.8 Å². The number of rotatable bonds is 6. The van der Waals surface area contributed by atoms with Crippen LogP contribution in [0.2, 0.25) is 0 Å². The van der Waals surface area contributed by atoms with E-state index in [1.54, 1.807) is 23.5 Å². The van der Waals surface area contributed by atoms with Crippen molar-refractivity contribution < 1.29 is 13.3 Å². The van der Waals surface area contributed by atoms with Crippen LogP contribution in [0.3, 0.4) is 0 Å². The molecule has 0 aliphatic rings. The lowest BCUT2D eigenvalue weighted by Gasteiger charge is -2.06. The molecule has 0 unspecified atom stereocenters. The fourth-order valence-corrected chi connectivity index (χ4v) is 4.01. The van der Waals surface area contributed by atoms with Crippen LogP contribution in [0.1, 0.15) is 17.4 Å². The van der Waals surface area contributed by atoms with Crippen molar-refractivity contribution in [2.45, 2.75) is 18.4 Å². The Balaban J connectivity index is 1.78. The molecule has 0 atom stereocenters. The van der Waals surface area contributed by atoms with Gasteiger partial charge in [0.2, 0.25) is 0 Å². The molecule has 4 nitrogen and oxygen atoms in total. The predicted molar refractivity (Wildman–Crippen MR) is 106 cm³/mol. The Labute approximate surface area is 157 Å². The van der Waals surface area contributed by atoms with Crippen LogP contribution in [-0.2, 0) is 21.3 Å². The van der Waals surface area contributed by atoms with Gasteiger partial charge in [0.25, 0.3) is 0 Å². The zero-order valence-corrected chi connectivity index (χ0v) is 16.2. The molecule has 2 aromatic carbocycles. The topological polar surface area (TPSA) is 55.7 Å². The van der Waals surface area contributed by atoms with E-state index >= 15 is 0 Å². The molecule has 0 radical (unpaired) electrons. The van der Waals surface area contributed by atoms with Gasteiger partial charge in [-0.2, -0.15) is 0 Å². The van der Waals surface area contributed by atoms with E-state index in [0.717, 1.165) is 27.3 Å². The number of benzene rings is 2. The van der Waals surface area contributed by atoms with Gasteiger partial charge in [-0.15, -0.1) is 11.3 Å². The van der Waals surface area contributed by atoms with Crippen molar-refractivity contribution in [2.24, 2.45) is 5.16 Å². The Morgan fingerprint density at radius 2 is 1.73 bits per heavy atom. The minimum atomic E-state index is -3.19. The molecule has 3 rings (SSSR count). The van der Waals surface area contributed by atoms with Crippen LogP contribution in [0, 0.1) is 0 Å². The molecule has 3 aromatic rings. The molecule has 0 saturated carbocycles. The summed E-state index contributed by atoms with van der Waals surface area (Å²) in [6, 6.07) is 18.8. The van der Waals surface area contributed by atoms with E-state index in [-0.39, 0.29) is 0 Å². The summed E-state index contributed by atoms with van der Waals surface area (Å²) < 4.78 is 23.2. The third-order valence-electron chi connectivity index (χ3n) is 3.86. The number of sulfone groups is 1. The Hall–Kier alpha value is -2.44. The summed E-state index contributed by atoms with van der Waals surface area (Å²) in [6.07, 6.45) is 1.21. The Morgan fingerprint density at radius 1 is 1.04 bits per heavy atom. The Kier molecular flexibility index (Phi) is 5.54.